The standard InChI is InChI=1S/C15H22O3/c1-5-6-11(2)13(16)9-12-7-8-14(17-3)15(10-12)18-4/h7-8,10-11H,5-6,9H2,1-4H3. The van der Waals surface area contributed by atoms with Crippen LogP contribution in [0.3, 0.4) is 0 Å². The van der Waals surface area contributed by atoms with Crippen LogP contribution in [0.4, 0.5) is 0 Å². The first-order valence-electron chi connectivity index (χ1n) is 6.36. The normalized spacial score (nSPS) is 12.0. The van der Waals surface area contributed by atoms with E-state index in [4.69, 9.17) is 9.47 Å². The Kier molecular flexibility index (Phi) is 5.69. The molecule has 0 bridgehead atoms. The van der Waals surface area contributed by atoms with E-state index in [1.807, 2.05) is 25.1 Å². The molecule has 3 nitrogen and oxygen atoms in total. The highest BCUT2D eigenvalue weighted by atomic mass is 16.5. The molecule has 18 heavy (non-hydrogen) atoms. The van der Waals surface area contributed by atoms with Crippen molar-refractivity contribution < 1.29 is 14.3 Å². The molecule has 0 aromatic heterocycles. The molecule has 0 spiro atoms. The SMILES string of the molecule is CCCC(C)C(=O)Cc1ccc(OC)c(OC)c1. The molecular weight excluding hydrogens is 228 g/mol. The fourth-order valence-corrected chi connectivity index (χ4v) is 1.96. The number of ketones is 1. The average Bonchev–Trinajstić information content (AvgIpc) is 2.38. The van der Waals surface area contributed by atoms with Crippen LogP contribution in [-0.4, -0.2) is 20.0 Å². The van der Waals surface area contributed by atoms with Gasteiger partial charge in [-0.05, 0) is 24.1 Å². The fourth-order valence-electron chi connectivity index (χ4n) is 1.96. The Morgan fingerprint density at radius 1 is 1.22 bits per heavy atom. The molecule has 0 aliphatic heterocycles. The first kappa shape index (κ1) is 14.6. The second-order valence-electron chi connectivity index (χ2n) is 4.52. The van der Waals surface area contributed by atoms with Crippen molar-refractivity contribution >= 4 is 5.78 Å². The van der Waals surface area contributed by atoms with Gasteiger partial charge >= 0.3 is 0 Å². The molecule has 0 aliphatic carbocycles. The van der Waals surface area contributed by atoms with Crippen molar-refractivity contribution in [2.24, 2.45) is 5.92 Å². The number of Topliss-reactive ketones (excluding diaryl/α,β-unsaturated/α-hetero) is 1. The van der Waals surface area contributed by atoms with Gasteiger partial charge in [-0.15, -0.1) is 0 Å². The Morgan fingerprint density at radius 3 is 2.44 bits per heavy atom. The number of hydrogen-bond donors (Lipinski definition) is 0. The lowest BCUT2D eigenvalue weighted by molar-refractivity contribution is -0.121. The third-order valence-electron chi connectivity index (χ3n) is 3.10. The molecular formula is C15H22O3. The molecule has 0 amide bonds. The smallest absolute Gasteiger partial charge is 0.161 e. The zero-order valence-electron chi connectivity index (χ0n) is 11.7. The molecule has 100 valence electrons. The molecule has 1 unspecified atom stereocenters. The molecule has 0 saturated carbocycles. The molecule has 1 aromatic carbocycles. The van der Waals surface area contributed by atoms with Crippen LogP contribution in [0.5, 0.6) is 11.5 Å². The van der Waals surface area contributed by atoms with Crippen molar-refractivity contribution in [3.05, 3.63) is 23.8 Å². The number of rotatable bonds is 7. The number of methoxy groups -OCH3 is 2. The van der Waals surface area contributed by atoms with Gasteiger partial charge in [0.2, 0.25) is 0 Å². The van der Waals surface area contributed by atoms with E-state index in [2.05, 4.69) is 6.92 Å². The predicted molar refractivity (Wildman–Crippen MR) is 72.3 cm³/mol. The second-order valence-corrected chi connectivity index (χ2v) is 4.52. The molecule has 1 rings (SSSR count). The maximum absolute atomic E-state index is 12.0. The molecule has 0 saturated heterocycles. The highest BCUT2D eigenvalue weighted by Crippen LogP contribution is 2.28. The monoisotopic (exact) mass is 250 g/mol. The summed E-state index contributed by atoms with van der Waals surface area (Å²) >= 11 is 0. The largest absolute Gasteiger partial charge is 0.493 e. The third kappa shape index (κ3) is 3.76. The predicted octanol–water partition coefficient (Wildman–Crippen LogP) is 3.25. The van der Waals surface area contributed by atoms with Crippen molar-refractivity contribution in [2.45, 2.75) is 33.1 Å². The van der Waals surface area contributed by atoms with E-state index in [0.29, 0.717) is 17.9 Å². The number of carbonyl (C=O) groups is 1. The lowest BCUT2D eigenvalue weighted by Crippen LogP contribution is -2.13. The van der Waals surface area contributed by atoms with Crippen LogP contribution in [0.2, 0.25) is 0 Å². The Bertz CT molecular complexity index is 399. The van der Waals surface area contributed by atoms with Crippen LogP contribution >= 0.6 is 0 Å². The molecule has 3 heteroatoms. The number of hydrogen-bond acceptors (Lipinski definition) is 3. The number of carbonyl (C=O) groups excluding carboxylic acids is 1. The van der Waals surface area contributed by atoms with E-state index in [1.165, 1.54) is 0 Å². The van der Waals surface area contributed by atoms with Crippen LogP contribution in [-0.2, 0) is 11.2 Å². The molecule has 0 fully saturated rings. The van der Waals surface area contributed by atoms with E-state index in [0.717, 1.165) is 18.4 Å². The summed E-state index contributed by atoms with van der Waals surface area (Å²) < 4.78 is 10.4. The van der Waals surface area contributed by atoms with Gasteiger partial charge in [0.15, 0.2) is 11.5 Å². The van der Waals surface area contributed by atoms with Gasteiger partial charge < -0.3 is 9.47 Å². The van der Waals surface area contributed by atoms with Crippen molar-refractivity contribution in [1.82, 2.24) is 0 Å². The van der Waals surface area contributed by atoms with E-state index >= 15 is 0 Å². The van der Waals surface area contributed by atoms with Gasteiger partial charge in [-0.1, -0.05) is 26.3 Å². The number of ether oxygens (including phenoxy) is 2. The van der Waals surface area contributed by atoms with Crippen molar-refractivity contribution in [2.75, 3.05) is 14.2 Å². The van der Waals surface area contributed by atoms with Gasteiger partial charge in [0.05, 0.1) is 14.2 Å². The van der Waals surface area contributed by atoms with Crippen LogP contribution in [0.25, 0.3) is 0 Å². The van der Waals surface area contributed by atoms with Crippen molar-refractivity contribution in [3.8, 4) is 11.5 Å². The summed E-state index contributed by atoms with van der Waals surface area (Å²) in [5.74, 6) is 1.77. The first-order valence-corrected chi connectivity index (χ1v) is 6.36. The minimum Gasteiger partial charge on any atom is -0.493 e. The Hall–Kier alpha value is -1.51. The van der Waals surface area contributed by atoms with Crippen LogP contribution < -0.4 is 9.47 Å². The fraction of sp³-hybridized carbons (Fsp3) is 0.533. The maximum atomic E-state index is 12.0. The molecule has 0 aliphatic rings. The van der Waals surface area contributed by atoms with Crippen LogP contribution in [0, 0.1) is 5.92 Å². The summed E-state index contributed by atoms with van der Waals surface area (Å²) in [7, 11) is 3.20. The first-order chi connectivity index (χ1) is 8.62. The van der Waals surface area contributed by atoms with Crippen molar-refractivity contribution in [3.63, 3.8) is 0 Å². The number of benzene rings is 1. The highest BCUT2D eigenvalue weighted by molar-refractivity contribution is 5.83. The lowest BCUT2D eigenvalue weighted by atomic mass is 9.95. The summed E-state index contributed by atoms with van der Waals surface area (Å²) in [5.41, 5.74) is 0.973. The Labute approximate surface area is 109 Å². The van der Waals surface area contributed by atoms with Gasteiger partial charge in [-0.25, -0.2) is 0 Å². The van der Waals surface area contributed by atoms with Gasteiger partial charge in [-0.2, -0.15) is 0 Å². The lowest BCUT2D eigenvalue weighted by Gasteiger charge is -2.11. The molecule has 1 aromatic rings. The average molecular weight is 250 g/mol. The summed E-state index contributed by atoms with van der Waals surface area (Å²) in [6, 6.07) is 5.62. The van der Waals surface area contributed by atoms with Gasteiger partial charge in [0, 0.05) is 12.3 Å². The van der Waals surface area contributed by atoms with Gasteiger partial charge in [0.1, 0.15) is 5.78 Å². The Morgan fingerprint density at radius 2 is 1.89 bits per heavy atom. The summed E-state index contributed by atoms with van der Waals surface area (Å²) in [5, 5.41) is 0. The van der Waals surface area contributed by atoms with Gasteiger partial charge in [0.25, 0.3) is 0 Å². The molecule has 0 radical (unpaired) electrons. The summed E-state index contributed by atoms with van der Waals surface area (Å²) in [6.45, 7) is 4.09. The highest BCUT2D eigenvalue weighted by Gasteiger charge is 2.13. The molecule has 0 heterocycles. The minimum absolute atomic E-state index is 0.128. The zero-order chi connectivity index (χ0) is 13.5. The second kappa shape index (κ2) is 7.04. The topological polar surface area (TPSA) is 35.5 Å². The summed E-state index contributed by atoms with van der Waals surface area (Å²) in [6.07, 6.45) is 2.45. The van der Waals surface area contributed by atoms with E-state index in [9.17, 15) is 4.79 Å². The van der Waals surface area contributed by atoms with E-state index in [1.54, 1.807) is 14.2 Å². The van der Waals surface area contributed by atoms with Crippen LogP contribution in [0.15, 0.2) is 18.2 Å². The van der Waals surface area contributed by atoms with E-state index in [-0.39, 0.29) is 11.7 Å². The van der Waals surface area contributed by atoms with E-state index < -0.39 is 0 Å². The molecule has 0 N–H and O–H groups in total. The summed E-state index contributed by atoms with van der Waals surface area (Å²) in [4.78, 5) is 12.0. The zero-order valence-corrected chi connectivity index (χ0v) is 11.7. The quantitative estimate of drug-likeness (QED) is 0.745. The molecule has 1 atom stereocenters. The van der Waals surface area contributed by atoms with Crippen LogP contribution in [0.1, 0.15) is 32.3 Å². The van der Waals surface area contributed by atoms with Crippen molar-refractivity contribution in [1.29, 1.82) is 0 Å². The third-order valence-corrected chi connectivity index (χ3v) is 3.10. The maximum Gasteiger partial charge on any atom is 0.161 e. The Balaban J connectivity index is 2.76. The minimum atomic E-state index is 0.128. The van der Waals surface area contributed by atoms with Gasteiger partial charge in [-0.3, -0.25) is 4.79 Å².